The Hall–Kier alpha value is -1.36. The van der Waals surface area contributed by atoms with Crippen molar-refractivity contribution in [3.8, 4) is 0 Å². The molecule has 1 aliphatic heterocycles. The summed E-state index contributed by atoms with van der Waals surface area (Å²) in [7, 11) is 0. The van der Waals surface area contributed by atoms with Crippen molar-refractivity contribution in [2.75, 3.05) is 13.1 Å². The first-order valence-corrected chi connectivity index (χ1v) is 11.2. The first-order valence-electron chi connectivity index (χ1n) is 10.3. The maximum atomic E-state index is 12.7. The summed E-state index contributed by atoms with van der Waals surface area (Å²) >= 11 is 1.49. The SMILES string of the molecule is O=C(NC[C@@]12CCC[C@H]1N(CC1CCCCC1)C(=O)CC2)c1cccs1. The lowest BCUT2D eigenvalue weighted by molar-refractivity contribution is -0.142. The topological polar surface area (TPSA) is 49.4 Å². The van der Waals surface area contributed by atoms with Crippen molar-refractivity contribution in [3.63, 3.8) is 0 Å². The Morgan fingerprint density at radius 2 is 2.04 bits per heavy atom. The number of likely N-dealkylation sites (tertiary alicyclic amines) is 1. The molecule has 0 radical (unpaired) electrons. The molecule has 2 heterocycles. The molecule has 0 bridgehead atoms. The van der Waals surface area contributed by atoms with Gasteiger partial charge in [-0.2, -0.15) is 0 Å². The van der Waals surface area contributed by atoms with E-state index in [0.29, 0.717) is 30.8 Å². The molecule has 0 aromatic carbocycles. The van der Waals surface area contributed by atoms with E-state index in [0.717, 1.165) is 30.7 Å². The maximum absolute atomic E-state index is 12.7. The van der Waals surface area contributed by atoms with E-state index in [1.54, 1.807) is 0 Å². The molecule has 1 N–H and O–H groups in total. The Morgan fingerprint density at radius 3 is 2.81 bits per heavy atom. The van der Waals surface area contributed by atoms with Crippen molar-refractivity contribution in [1.29, 1.82) is 0 Å². The molecule has 1 aromatic heterocycles. The summed E-state index contributed by atoms with van der Waals surface area (Å²) in [5.41, 5.74) is 0.0928. The van der Waals surface area contributed by atoms with Crippen LogP contribution in [0, 0.1) is 11.3 Å². The molecule has 1 saturated heterocycles. The predicted octanol–water partition coefficient (Wildman–Crippen LogP) is 4.22. The molecule has 2 amide bonds. The average Bonchev–Trinajstić information content (AvgIpc) is 3.33. The summed E-state index contributed by atoms with van der Waals surface area (Å²) < 4.78 is 0. The fraction of sp³-hybridized carbons (Fsp3) is 0.714. The van der Waals surface area contributed by atoms with Crippen LogP contribution < -0.4 is 5.32 Å². The lowest BCUT2D eigenvalue weighted by Gasteiger charge is -2.47. The van der Waals surface area contributed by atoms with Crippen molar-refractivity contribution in [1.82, 2.24) is 10.2 Å². The Labute approximate surface area is 160 Å². The van der Waals surface area contributed by atoms with Gasteiger partial charge >= 0.3 is 0 Å². The number of carbonyl (C=O) groups excluding carboxylic acids is 2. The van der Waals surface area contributed by atoms with Gasteiger partial charge in [0.05, 0.1) is 4.88 Å². The number of nitrogens with one attached hydrogen (secondary N) is 1. The minimum Gasteiger partial charge on any atom is -0.351 e. The summed E-state index contributed by atoms with van der Waals surface area (Å²) in [6, 6.07) is 4.12. The van der Waals surface area contributed by atoms with Crippen LogP contribution in [0.3, 0.4) is 0 Å². The van der Waals surface area contributed by atoms with Crippen LogP contribution in [-0.4, -0.2) is 35.8 Å². The first kappa shape index (κ1) is 18.0. The molecule has 5 heteroatoms. The van der Waals surface area contributed by atoms with Crippen LogP contribution in [0.15, 0.2) is 17.5 Å². The van der Waals surface area contributed by atoms with Gasteiger partial charge < -0.3 is 10.2 Å². The molecule has 3 fully saturated rings. The van der Waals surface area contributed by atoms with Crippen molar-refractivity contribution in [2.45, 2.75) is 70.3 Å². The van der Waals surface area contributed by atoms with Gasteiger partial charge in [0, 0.05) is 31.0 Å². The second-order valence-electron chi connectivity index (χ2n) is 8.48. The number of amides is 2. The molecular weight excluding hydrogens is 344 g/mol. The second kappa shape index (κ2) is 7.71. The number of piperidine rings is 1. The minimum absolute atomic E-state index is 0.0377. The van der Waals surface area contributed by atoms with Crippen LogP contribution in [-0.2, 0) is 4.79 Å². The molecule has 3 aliphatic rings. The van der Waals surface area contributed by atoms with Crippen molar-refractivity contribution in [2.24, 2.45) is 11.3 Å². The van der Waals surface area contributed by atoms with Crippen LogP contribution in [0.5, 0.6) is 0 Å². The Kier molecular flexibility index (Phi) is 5.35. The summed E-state index contributed by atoms with van der Waals surface area (Å²) in [4.78, 5) is 28.1. The van der Waals surface area contributed by atoms with E-state index >= 15 is 0 Å². The van der Waals surface area contributed by atoms with Crippen molar-refractivity contribution in [3.05, 3.63) is 22.4 Å². The quantitative estimate of drug-likeness (QED) is 0.839. The number of rotatable bonds is 5. The number of nitrogens with zero attached hydrogens (tertiary/aromatic N) is 1. The molecule has 2 atom stereocenters. The van der Waals surface area contributed by atoms with Gasteiger partial charge in [-0.1, -0.05) is 31.7 Å². The van der Waals surface area contributed by atoms with E-state index < -0.39 is 0 Å². The van der Waals surface area contributed by atoms with E-state index in [1.807, 2.05) is 17.5 Å². The van der Waals surface area contributed by atoms with E-state index in [2.05, 4.69) is 10.2 Å². The Bertz CT molecular complexity index is 638. The predicted molar refractivity (Wildman–Crippen MR) is 104 cm³/mol. The van der Waals surface area contributed by atoms with Crippen molar-refractivity contribution < 1.29 is 9.59 Å². The lowest BCUT2D eigenvalue weighted by Crippen LogP contribution is -2.57. The molecule has 2 saturated carbocycles. The molecule has 4 rings (SSSR count). The highest BCUT2D eigenvalue weighted by Gasteiger charge is 2.50. The molecule has 1 aromatic rings. The monoisotopic (exact) mass is 374 g/mol. The third kappa shape index (κ3) is 3.55. The van der Waals surface area contributed by atoms with Gasteiger partial charge in [-0.05, 0) is 49.5 Å². The highest BCUT2D eigenvalue weighted by Crippen LogP contribution is 2.48. The zero-order valence-corrected chi connectivity index (χ0v) is 16.4. The number of thiophene rings is 1. The van der Waals surface area contributed by atoms with Gasteiger partial charge in [-0.15, -0.1) is 11.3 Å². The van der Waals surface area contributed by atoms with Gasteiger partial charge in [0.2, 0.25) is 5.91 Å². The highest BCUT2D eigenvalue weighted by molar-refractivity contribution is 7.12. The number of fused-ring (bicyclic) bond motifs is 1. The summed E-state index contributed by atoms with van der Waals surface area (Å²) in [5.74, 6) is 1.07. The molecule has 2 aliphatic carbocycles. The molecule has 0 spiro atoms. The summed E-state index contributed by atoms with van der Waals surface area (Å²) in [6.07, 6.45) is 11.5. The number of hydrogen-bond donors (Lipinski definition) is 1. The molecule has 0 unspecified atom stereocenters. The van der Waals surface area contributed by atoms with E-state index in [9.17, 15) is 9.59 Å². The van der Waals surface area contributed by atoms with Crippen LogP contribution in [0.1, 0.15) is 73.9 Å². The van der Waals surface area contributed by atoms with Crippen LogP contribution in [0.4, 0.5) is 0 Å². The van der Waals surface area contributed by atoms with Crippen LogP contribution in [0.25, 0.3) is 0 Å². The molecule has 4 nitrogen and oxygen atoms in total. The van der Waals surface area contributed by atoms with E-state index in [4.69, 9.17) is 0 Å². The maximum Gasteiger partial charge on any atom is 0.261 e. The number of carbonyl (C=O) groups is 2. The van der Waals surface area contributed by atoms with E-state index in [1.165, 1.54) is 49.9 Å². The largest absolute Gasteiger partial charge is 0.351 e. The Morgan fingerprint density at radius 1 is 1.19 bits per heavy atom. The Balaban J connectivity index is 1.44. The standard InChI is InChI=1S/C21H30N2O2S/c24-19-10-12-21(15-22-20(25)17-8-5-13-26-17)11-4-9-18(21)23(19)14-16-6-2-1-3-7-16/h5,8,13,16,18H,1-4,6-7,9-12,14-15H2,(H,22,25)/t18-,21+/m1/s1. The minimum atomic E-state index is 0.0377. The lowest BCUT2D eigenvalue weighted by atomic mass is 9.74. The first-order chi connectivity index (χ1) is 12.7. The normalized spacial score (nSPS) is 29.6. The van der Waals surface area contributed by atoms with E-state index in [-0.39, 0.29) is 11.3 Å². The van der Waals surface area contributed by atoms with Gasteiger partial charge in [0.1, 0.15) is 0 Å². The fourth-order valence-corrected chi connectivity index (χ4v) is 6.13. The summed E-state index contributed by atoms with van der Waals surface area (Å²) in [5, 5.41) is 5.13. The van der Waals surface area contributed by atoms with Gasteiger partial charge in [0.15, 0.2) is 0 Å². The second-order valence-corrected chi connectivity index (χ2v) is 9.43. The smallest absolute Gasteiger partial charge is 0.261 e. The van der Waals surface area contributed by atoms with Crippen LogP contribution in [0.2, 0.25) is 0 Å². The highest BCUT2D eigenvalue weighted by atomic mass is 32.1. The molecular formula is C21H30N2O2S. The van der Waals surface area contributed by atoms with Crippen LogP contribution >= 0.6 is 11.3 Å². The number of hydrogen-bond acceptors (Lipinski definition) is 3. The third-order valence-electron chi connectivity index (χ3n) is 6.92. The van der Waals surface area contributed by atoms with Gasteiger partial charge in [0.25, 0.3) is 5.91 Å². The molecule has 26 heavy (non-hydrogen) atoms. The van der Waals surface area contributed by atoms with Crippen molar-refractivity contribution >= 4 is 23.2 Å². The zero-order chi connectivity index (χ0) is 18.0. The average molecular weight is 375 g/mol. The van der Waals surface area contributed by atoms with Gasteiger partial charge in [-0.3, -0.25) is 9.59 Å². The fourth-order valence-electron chi connectivity index (χ4n) is 5.49. The zero-order valence-electron chi connectivity index (χ0n) is 15.5. The van der Waals surface area contributed by atoms with Gasteiger partial charge in [-0.25, -0.2) is 0 Å². The molecule has 142 valence electrons. The third-order valence-corrected chi connectivity index (χ3v) is 7.79. The summed E-state index contributed by atoms with van der Waals surface area (Å²) in [6.45, 7) is 1.66.